The van der Waals surface area contributed by atoms with Crippen molar-refractivity contribution < 1.29 is 14.6 Å². The highest BCUT2D eigenvalue weighted by Crippen LogP contribution is 2.23. The van der Waals surface area contributed by atoms with Crippen LogP contribution in [0.15, 0.2) is 24.4 Å². The monoisotopic (exact) mass is 306 g/mol. The van der Waals surface area contributed by atoms with Crippen LogP contribution >= 0.6 is 0 Å². The van der Waals surface area contributed by atoms with E-state index in [0.29, 0.717) is 19.8 Å². The first-order chi connectivity index (χ1) is 10.6. The van der Waals surface area contributed by atoms with Gasteiger partial charge < -0.3 is 15.2 Å². The second kappa shape index (κ2) is 8.25. The molecule has 1 saturated heterocycles. The summed E-state index contributed by atoms with van der Waals surface area (Å²) in [7, 11) is 0. The van der Waals surface area contributed by atoms with Crippen molar-refractivity contribution >= 4 is 5.91 Å². The van der Waals surface area contributed by atoms with Crippen LogP contribution in [0.4, 0.5) is 0 Å². The molecule has 5 heteroatoms. The maximum atomic E-state index is 12.5. The first-order valence-corrected chi connectivity index (χ1v) is 8.04. The van der Waals surface area contributed by atoms with E-state index >= 15 is 0 Å². The topological polar surface area (TPSA) is 71.5 Å². The summed E-state index contributed by atoms with van der Waals surface area (Å²) < 4.78 is 5.30. The van der Waals surface area contributed by atoms with Gasteiger partial charge in [0.1, 0.15) is 0 Å². The Labute approximate surface area is 132 Å². The van der Waals surface area contributed by atoms with E-state index < -0.39 is 6.10 Å². The van der Waals surface area contributed by atoms with Crippen LogP contribution < -0.4 is 5.32 Å². The number of hydrogen-bond acceptors (Lipinski definition) is 4. The minimum Gasteiger partial charge on any atom is -0.391 e. The lowest BCUT2D eigenvalue weighted by atomic mass is 9.90. The molecule has 0 bridgehead atoms. The number of nitrogens with one attached hydrogen (secondary N) is 1. The molecule has 2 heterocycles. The van der Waals surface area contributed by atoms with E-state index in [1.54, 1.807) is 6.20 Å². The summed E-state index contributed by atoms with van der Waals surface area (Å²) in [5.74, 6) is -0.000535. The molecular formula is C17H26N2O3. The summed E-state index contributed by atoms with van der Waals surface area (Å²) in [4.78, 5) is 16.8. The quantitative estimate of drug-likeness (QED) is 0.839. The number of carbonyl (C=O) groups is 1. The number of aromatic nitrogens is 1. The van der Waals surface area contributed by atoms with Gasteiger partial charge in [0, 0.05) is 26.0 Å². The molecule has 2 atom stereocenters. The highest BCUT2D eigenvalue weighted by Gasteiger charge is 2.27. The van der Waals surface area contributed by atoms with Crippen molar-refractivity contribution in [2.24, 2.45) is 11.8 Å². The number of rotatable bonds is 6. The summed E-state index contributed by atoms with van der Waals surface area (Å²) in [6.45, 7) is 5.69. The van der Waals surface area contributed by atoms with Crippen molar-refractivity contribution in [3.05, 3.63) is 30.1 Å². The second-order valence-electron chi connectivity index (χ2n) is 6.24. The summed E-state index contributed by atoms with van der Waals surface area (Å²) in [5, 5.41) is 13.1. The van der Waals surface area contributed by atoms with Gasteiger partial charge in [-0.2, -0.15) is 0 Å². The van der Waals surface area contributed by atoms with Gasteiger partial charge in [-0.15, -0.1) is 0 Å². The van der Waals surface area contributed by atoms with Crippen LogP contribution in [0.1, 0.15) is 38.3 Å². The molecule has 0 saturated carbocycles. The van der Waals surface area contributed by atoms with Gasteiger partial charge in [-0.3, -0.25) is 9.78 Å². The number of hydrogen-bond donors (Lipinski definition) is 2. The van der Waals surface area contributed by atoms with Crippen LogP contribution in [0.25, 0.3) is 0 Å². The summed E-state index contributed by atoms with van der Waals surface area (Å²) >= 11 is 0. The molecule has 2 rings (SSSR count). The zero-order valence-corrected chi connectivity index (χ0v) is 13.4. The lowest BCUT2D eigenvalue weighted by Gasteiger charge is -2.27. The summed E-state index contributed by atoms with van der Waals surface area (Å²) in [6.07, 6.45) is 2.90. The van der Waals surface area contributed by atoms with Crippen molar-refractivity contribution in [3.8, 4) is 0 Å². The molecule has 1 amide bonds. The first-order valence-electron chi connectivity index (χ1n) is 8.04. The number of pyridine rings is 1. The molecule has 1 aromatic heterocycles. The lowest BCUT2D eigenvalue weighted by molar-refractivity contribution is -0.124. The fourth-order valence-corrected chi connectivity index (χ4v) is 2.92. The molecular weight excluding hydrogens is 280 g/mol. The molecule has 122 valence electrons. The summed E-state index contributed by atoms with van der Waals surface area (Å²) in [5.41, 5.74) is 0.774. The molecule has 5 nitrogen and oxygen atoms in total. The van der Waals surface area contributed by atoms with E-state index in [1.807, 2.05) is 32.0 Å². The number of ether oxygens (including phenoxy) is 1. The normalized spacial score (nSPS) is 18.9. The van der Waals surface area contributed by atoms with Crippen LogP contribution in [-0.2, 0) is 9.53 Å². The number of nitrogens with zero attached hydrogens (tertiary/aromatic N) is 1. The van der Waals surface area contributed by atoms with Crippen LogP contribution in [0.2, 0.25) is 0 Å². The SMILES string of the molecule is CC(C)[C@H](C(=O)NC[C@@H](O)C1CCOCC1)c1ccccn1. The van der Waals surface area contributed by atoms with E-state index in [-0.39, 0.29) is 23.7 Å². The maximum Gasteiger partial charge on any atom is 0.229 e. The van der Waals surface area contributed by atoms with Gasteiger partial charge >= 0.3 is 0 Å². The average Bonchev–Trinajstić information content (AvgIpc) is 2.54. The third-order valence-corrected chi connectivity index (χ3v) is 4.25. The summed E-state index contributed by atoms with van der Waals surface area (Å²) in [6, 6.07) is 5.61. The Balaban J connectivity index is 1.91. The first kappa shape index (κ1) is 16.9. The number of carbonyl (C=O) groups excluding carboxylic acids is 1. The Hall–Kier alpha value is -1.46. The predicted molar refractivity (Wildman–Crippen MR) is 84.4 cm³/mol. The zero-order valence-electron chi connectivity index (χ0n) is 13.4. The van der Waals surface area contributed by atoms with E-state index in [4.69, 9.17) is 4.74 Å². The zero-order chi connectivity index (χ0) is 15.9. The Morgan fingerprint density at radius 2 is 2.14 bits per heavy atom. The molecule has 1 aliphatic heterocycles. The minimum absolute atomic E-state index is 0.0696. The molecule has 0 spiro atoms. The fraction of sp³-hybridized carbons (Fsp3) is 0.647. The fourth-order valence-electron chi connectivity index (χ4n) is 2.92. The smallest absolute Gasteiger partial charge is 0.229 e. The molecule has 0 unspecified atom stereocenters. The molecule has 0 aromatic carbocycles. The molecule has 1 fully saturated rings. The Morgan fingerprint density at radius 3 is 2.73 bits per heavy atom. The van der Waals surface area contributed by atoms with Gasteiger partial charge in [0.25, 0.3) is 0 Å². The number of aliphatic hydroxyl groups is 1. The molecule has 0 aliphatic carbocycles. The van der Waals surface area contributed by atoms with E-state index in [1.165, 1.54) is 0 Å². The second-order valence-corrected chi connectivity index (χ2v) is 6.24. The third kappa shape index (κ3) is 4.52. The average molecular weight is 306 g/mol. The predicted octanol–water partition coefficient (Wildman–Crippen LogP) is 1.72. The van der Waals surface area contributed by atoms with E-state index in [0.717, 1.165) is 18.5 Å². The van der Waals surface area contributed by atoms with Crippen LogP contribution in [0.5, 0.6) is 0 Å². The van der Waals surface area contributed by atoms with E-state index in [2.05, 4.69) is 10.3 Å². The molecule has 2 N–H and O–H groups in total. The molecule has 22 heavy (non-hydrogen) atoms. The van der Waals surface area contributed by atoms with Crippen LogP contribution in [0.3, 0.4) is 0 Å². The van der Waals surface area contributed by atoms with Crippen molar-refractivity contribution in [2.75, 3.05) is 19.8 Å². The lowest BCUT2D eigenvalue weighted by Crippen LogP contribution is -2.41. The van der Waals surface area contributed by atoms with Crippen molar-refractivity contribution in [3.63, 3.8) is 0 Å². The highest BCUT2D eigenvalue weighted by molar-refractivity contribution is 5.83. The Kier molecular flexibility index (Phi) is 6.34. The third-order valence-electron chi connectivity index (χ3n) is 4.25. The van der Waals surface area contributed by atoms with Gasteiger partial charge in [0.2, 0.25) is 5.91 Å². The van der Waals surface area contributed by atoms with Crippen molar-refractivity contribution in [1.29, 1.82) is 0 Å². The van der Waals surface area contributed by atoms with Crippen LogP contribution in [-0.4, -0.2) is 41.9 Å². The van der Waals surface area contributed by atoms with Crippen molar-refractivity contribution in [1.82, 2.24) is 10.3 Å². The molecule has 0 radical (unpaired) electrons. The molecule has 1 aliphatic rings. The van der Waals surface area contributed by atoms with Crippen molar-refractivity contribution in [2.45, 2.75) is 38.7 Å². The minimum atomic E-state index is -0.510. The van der Waals surface area contributed by atoms with Gasteiger partial charge in [0.15, 0.2) is 0 Å². The highest BCUT2D eigenvalue weighted by atomic mass is 16.5. The standard InChI is InChI=1S/C17H26N2O3/c1-12(2)16(14-5-3-4-8-18-14)17(21)19-11-15(20)13-6-9-22-10-7-13/h3-5,8,12-13,15-16,20H,6-7,9-11H2,1-2H3,(H,19,21)/t15-,16+/m1/s1. The number of aliphatic hydroxyl groups excluding tert-OH is 1. The van der Waals surface area contributed by atoms with Gasteiger partial charge in [-0.1, -0.05) is 19.9 Å². The largest absolute Gasteiger partial charge is 0.391 e. The van der Waals surface area contributed by atoms with Gasteiger partial charge in [-0.25, -0.2) is 0 Å². The Bertz CT molecular complexity index is 458. The Morgan fingerprint density at radius 1 is 1.41 bits per heavy atom. The van der Waals surface area contributed by atoms with Gasteiger partial charge in [-0.05, 0) is 36.8 Å². The van der Waals surface area contributed by atoms with E-state index in [9.17, 15) is 9.90 Å². The van der Waals surface area contributed by atoms with Gasteiger partial charge in [0.05, 0.1) is 17.7 Å². The van der Waals surface area contributed by atoms with Crippen LogP contribution in [0, 0.1) is 11.8 Å². The maximum absolute atomic E-state index is 12.5. The molecule has 1 aromatic rings. The number of amides is 1.